The maximum atomic E-state index is 12.6. The molecule has 2 aromatic carbocycles. The second-order valence-corrected chi connectivity index (χ2v) is 6.91. The first kappa shape index (κ1) is 19.1. The molecule has 3 rings (SSSR count). The Balaban J connectivity index is 1.61. The largest absolute Gasteiger partial charge is 0.469 e. The van der Waals surface area contributed by atoms with Crippen LogP contribution in [0.2, 0.25) is 0 Å². The fourth-order valence-corrected chi connectivity index (χ4v) is 3.46. The average molecular weight is 367 g/mol. The van der Waals surface area contributed by atoms with Gasteiger partial charge in [-0.25, -0.2) is 0 Å². The van der Waals surface area contributed by atoms with Gasteiger partial charge in [-0.05, 0) is 30.5 Å². The number of ether oxygens (including phenoxy) is 2. The molecule has 5 heteroatoms. The Bertz CT molecular complexity index is 752. The fourth-order valence-electron chi connectivity index (χ4n) is 3.46. The highest BCUT2D eigenvalue weighted by Gasteiger charge is 2.43. The number of likely N-dealkylation sites (tertiary alicyclic amines) is 1. The molecule has 0 N–H and O–H groups in total. The number of nitrogens with zero attached hydrogens (tertiary/aromatic N) is 1. The van der Waals surface area contributed by atoms with Gasteiger partial charge in [-0.1, -0.05) is 48.5 Å². The van der Waals surface area contributed by atoms with Crippen LogP contribution in [0.5, 0.6) is 0 Å². The Morgan fingerprint density at radius 3 is 2.15 bits per heavy atom. The molecule has 5 nitrogen and oxygen atoms in total. The first-order chi connectivity index (χ1) is 13.1. The minimum Gasteiger partial charge on any atom is -0.469 e. The van der Waals surface area contributed by atoms with Crippen molar-refractivity contribution in [3.8, 4) is 0 Å². The molecule has 0 saturated carbocycles. The number of carbonyl (C=O) groups is 2. The predicted molar refractivity (Wildman–Crippen MR) is 102 cm³/mol. The SMILES string of the molecule is COC(=O)C1(COCc2ccccc2)CCN(C(=O)c2ccccc2)CC1. The first-order valence-corrected chi connectivity index (χ1v) is 9.19. The zero-order valence-electron chi connectivity index (χ0n) is 15.6. The van der Waals surface area contributed by atoms with Gasteiger partial charge in [0.2, 0.25) is 0 Å². The van der Waals surface area contributed by atoms with Crippen molar-refractivity contribution in [2.45, 2.75) is 19.4 Å². The fraction of sp³-hybridized carbons (Fsp3) is 0.364. The van der Waals surface area contributed by atoms with Gasteiger partial charge in [-0.2, -0.15) is 0 Å². The van der Waals surface area contributed by atoms with E-state index in [1.807, 2.05) is 60.7 Å². The minimum atomic E-state index is -0.697. The molecule has 1 aliphatic heterocycles. The van der Waals surface area contributed by atoms with Gasteiger partial charge in [0.05, 0.1) is 25.7 Å². The highest BCUT2D eigenvalue weighted by Crippen LogP contribution is 2.34. The number of amides is 1. The van der Waals surface area contributed by atoms with E-state index < -0.39 is 5.41 Å². The maximum absolute atomic E-state index is 12.6. The van der Waals surface area contributed by atoms with E-state index in [4.69, 9.17) is 9.47 Å². The highest BCUT2D eigenvalue weighted by atomic mass is 16.5. The summed E-state index contributed by atoms with van der Waals surface area (Å²) in [6.07, 6.45) is 1.07. The highest BCUT2D eigenvalue weighted by molar-refractivity contribution is 5.94. The number of esters is 1. The summed E-state index contributed by atoms with van der Waals surface area (Å²) in [6.45, 7) is 1.77. The van der Waals surface area contributed by atoms with Crippen molar-refractivity contribution in [3.63, 3.8) is 0 Å². The standard InChI is InChI=1S/C22H25NO4/c1-26-21(25)22(17-27-16-18-8-4-2-5-9-18)12-14-23(15-13-22)20(24)19-10-6-3-7-11-19/h2-11H,12-17H2,1H3. The van der Waals surface area contributed by atoms with Crippen LogP contribution in [0.1, 0.15) is 28.8 Å². The van der Waals surface area contributed by atoms with Crippen molar-refractivity contribution < 1.29 is 19.1 Å². The van der Waals surface area contributed by atoms with Gasteiger partial charge in [0.15, 0.2) is 0 Å². The third-order valence-electron chi connectivity index (χ3n) is 5.14. The van der Waals surface area contributed by atoms with Crippen LogP contribution in [-0.4, -0.2) is 43.6 Å². The summed E-state index contributed by atoms with van der Waals surface area (Å²) in [6, 6.07) is 19.1. The number of carbonyl (C=O) groups excluding carboxylic acids is 2. The maximum Gasteiger partial charge on any atom is 0.314 e. The molecule has 1 heterocycles. The molecule has 2 aromatic rings. The van der Waals surface area contributed by atoms with Gasteiger partial charge >= 0.3 is 5.97 Å². The molecule has 1 saturated heterocycles. The summed E-state index contributed by atoms with van der Waals surface area (Å²) in [5, 5.41) is 0. The average Bonchev–Trinajstić information content (AvgIpc) is 2.74. The van der Waals surface area contributed by atoms with E-state index in [2.05, 4.69) is 0 Å². The van der Waals surface area contributed by atoms with Crippen LogP contribution in [0.15, 0.2) is 60.7 Å². The van der Waals surface area contributed by atoms with Crippen LogP contribution < -0.4 is 0 Å². The molecule has 0 aliphatic carbocycles. The van der Waals surface area contributed by atoms with E-state index in [1.165, 1.54) is 7.11 Å². The Labute approximate surface area is 159 Å². The number of hydrogen-bond donors (Lipinski definition) is 0. The first-order valence-electron chi connectivity index (χ1n) is 9.19. The lowest BCUT2D eigenvalue weighted by Crippen LogP contribution is -2.49. The Morgan fingerprint density at radius 1 is 0.963 bits per heavy atom. The van der Waals surface area contributed by atoms with Crippen molar-refractivity contribution in [2.75, 3.05) is 26.8 Å². The molecule has 0 unspecified atom stereocenters. The molecule has 1 aliphatic rings. The zero-order valence-corrected chi connectivity index (χ0v) is 15.6. The third-order valence-corrected chi connectivity index (χ3v) is 5.14. The van der Waals surface area contributed by atoms with Gasteiger partial charge in [-0.3, -0.25) is 9.59 Å². The van der Waals surface area contributed by atoms with E-state index in [1.54, 1.807) is 4.90 Å². The summed E-state index contributed by atoms with van der Waals surface area (Å²) in [4.78, 5) is 26.9. The number of benzene rings is 2. The summed E-state index contributed by atoms with van der Waals surface area (Å²) in [5.41, 5.74) is 1.04. The molecule has 142 valence electrons. The van der Waals surface area contributed by atoms with Crippen LogP contribution in [0, 0.1) is 5.41 Å². The third kappa shape index (κ3) is 4.55. The van der Waals surface area contributed by atoms with Gasteiger partial charge in [-0.15, -0.1) is 0 Å². The molecule has 0 aromatic heterocycles. The summed E-state index contributed by atoms with van der Waals surface area (Å²) in [7, 11) is 1.41. The molecular weight excluding hydrogens is 342 g/mol. The number of hydrogen-bond acceptors (Lipinski definition) is 4. The van der Waals surface area contributed by atoms with Crippen LogP contribution in [-0.2, 0) is 20.9 Å². The monoisotopic (exact) mass is 367 g/mol. The molecule has 27 heavy (non-hydrogen) atoms. The Hall–Kier alpha value is -2.66. The number of rotatable bonds is 6. The van der Waals surface area contributed by atoms with E-state index in [-0.39, 0.29) is 11.9 Å². The summed E-state index contributed by atoms with van der Waals surface area (Å²) >= 11 is 0. The Morgan fingerprint density at radius 2 is 1.56 bits per heavy atom. The van der Waals surface area contributed by atoms with Crippen molar-refractivity contribution >= 4 is 11.9 Å². The molecule has 0 radical (unpaired) electrons. The van der Waals surface area contributed by atoms with Gasteiger partial charge < -0.3 is 14.4 Å². The predicted octanol–water partition coefficient (Wildman–Crippen LogP) is 3.30. The molecule has 1 fully saturated rings. The molecule has 0 bridgehead atoms. The second-order valence-electron chi connectivity index (χ2n) is 6.91. The number of piperidine rings is 1. The van der Waals surface area contributed by atoms with Gasteiger partial charge in [0.1, 0.15) is 0 Å². The lowest BCUT2D eigenvalue weighted by molar-refractivity contribution is -0.160. The van der Waals surface area contributed by atoms with Crippen LogP contribution in [0.3, 0.4) is 0 Å². The topological polar surface area (TPSA) is 55.8 Å². The van der Waals surface area contributed by atoms with Gasteiger partial charge in [0, 0.05) is 18.7 Å². The van der Waals surface area contributed by atoms with E-state index >= 15 is 0 Å². The Kier molecular flexibility index (Phi) is 6.24. The van der Waals surface area contributed by atoms with E-state index in [9.17, 15) is 9.59 Å². The molecular formula is C22H25NO4. The van der Waals surface area contributed by atoms with E-state index in [0.29, 0.717) is 44.7 Å². The second kappa shape index (κ2) is 8.82. The van der Waals surface area contributed by atoms with E-state index in [0.717, 1.165) is 5.56 Å². The lowest BCUT2D eigenvalue weighted by Gasteiger charge is -2.39. The summed E-state index contributed by atoms with van der Waals surface area (Å²) in [5.74, 6) is -0.262. The van der Waals surface area contributed by atoms with Gasteiger partial charge in [0.25, 0.3) is 5.91 Å². The normalized spacial score (nSPS) is 16.0. The van der Waals surface area contributed by atoms with Crippen molar-refractivity contribution in [2.24, 2.45) is 5.41 Å². The zero-order chi connectivity index (χ0) is 19.1. The van der Waals surface area contributed by atoms with Crippen molar-refractivity contribution in [1.82, 2.24) is 4.90 Å². The van der Waals surface area contributed by atoms with Crippen LogP contribution >= 0.6 is 0 Å². The van der Waals surface area contributed by atoms with Crippen molar-refractivity contribution in [3.05, 3.63) is 71.8 Å². The minimum absolute atomic E-state index is 0.000676. The quantitative estimate of drug-likeness (QED) is 0.735. The lowest BCUT2D eigenvalue weighted by atomic mass is 9.79. The van der Waals surface area contributed by atoms with Crippen molar-refractivity contribution in [1.29, 1.82) is 0 Å². The molecule has 0 atom stereocenters. The smallest absolute Gasteiger partial charge is 0.314 e. The van der Waals surface area contributed by atoms with Crippen LogP contribution in [0.25, 0.3) is 0 Å². The molecule has 1 amide bonds. The van der Waals surface area contributed by atoms with Crippen LogP contribution in [0.4, 0.5) is 0 Å². The summed E-state index contributed by atoms with van der Waals surface area (Å²) < 4.78 is 10.9. The molecule has 0 spiro atoms. The number of methoxy groups -OCH3 is 1.